The molecule has 100 valence electrons. The van der Waals surface area contributed by atoms with E-state index < -0.39 is 10.1 Å². The zero-order valence-electron chi connectivity index (χ0n) is 10.6. The molecule has 19 heavy (non-hydrogen) atoms. The van der Waals surface area contributed by atoms with Crippen LogP contribution in [0.5, 0.6) is 5.75 Å². The van der Waals surface area contributed by atoms with E-state index in [1.165, 1.54) is 25.3 Å². The summed E-state index contributed by atoms with van der Waals surface area (Å²) in [5.41, 5.74) is 2.55. The molecule has 0 spiro atoms. The van der Waals surface area contributed by atoms with E-state index in [1.807, 2.05) is 31.2 Å². The first kappa shape index (κ1) is 13.6. The number of aryl methyl sites for hydroxylation is 1. The van der Waals surface area contributed by atoms with Crippen molar-refractivity contribution in [2.45, 2.75) is 11.8 Å². The fraction of sp³-hybridized carbons (Fsp3) is 0.143. The second-order valence-corrected chi connectivity index (χ2v) is 5.62. The number of benzene rings is 2. The Morgan fingerprint density at radius 1 is 1.05 bits per heavy atom. The summed E-state index contributed by atoms with van der Waals surface area (Å²) in [5.74, 6) is 0.552. The lowest BCUT2D eigenvalue weighted by Crippen LogP contribution is -1.99. The van der Waals surface area contributed by atoms with Gasteiger partial charge in [-0.2, -0.15) is 8.42 Å². The third-order valence-electron chi connectivity index (χ3n) is 2.83. The quantitative estimate of drug-likeness (QED) is 0.877. The normalized spacial score (nSPS) is 11.3. The Bertz CT molecular complexity index is 688. The van der Waals surface area contributed by atoms with Gasteiger partial charge in [0.2, 0.25) is 0 Å². The number of hydrogen-bond donors (Lipinski definition) is 1. The first-order chi connectivity index (χ1) is 8.91. The Kier molecular flexibility index (Phi) is 3.59. The third-order valence-corrected chi connectivity index (χ3v) is 3.68. The molecule has 0 heterocycles. The van der Waals surface area contributed by atoms with Gasteiger partial charge in [0.25, 0.3) is 10.1 Å². The fourth-order valence-corrected chi connectivity index (χ4v) is 2.31. The van der Waals surface area contributed by atoms with Gasteiger partial charge >= 0.3 is 0 Å². The van der Waals surface area contributed by atoms with Crippen LogP contribution in [0.3, 0.4) is 0 Å². The SMILES string of the molecule is COc1ccc(S(=O)(=O)O)cc1-c1ccc(C)cc1. The van der Waals surface area contributed by atoms with Gasteiger partial charge in [0.15, 0.2) is 0 Å². The molecule has 0 aliphatic heterocycles. The Morgan fingerprint density at radius 3 is 2.21 bits per heavy atom. The Balaban J connectivity index is 2.63. The van der Waals surface area contributed by atoms with E-state index in [0.717, 1.165) is 11.1 Å². The van der Waals surface area contributed by atoms with Gasteiger partial charge in [-0.25, -0.2) is 0 Å². The Hall–Kier alpha value is -1.85. The average molecular weight is 278 g/mol. The van der Waals surface area contributed by atoms with E-state index in [4.69, 9.17) is 9.29 Å². The molecule has 0 aliphatic rings. The number of methoxy groups -OCH3 is 1. The van der Waals surface area contributed by atoms with Crippen molar-refractivity contribution in [3.05, 3.63) is 48.0 Å². The number of rotatable bonds is 3. The molecule has 0 bridgehead atoms. The third kappa shape index (κ3) is 2.94. The summed E-state index contributed by atoms with van der Waals surface area (Å²) in [6.07, 6.45) is 0. The van der Waals surface area contributed by atoms with Crippen LogP contribution in [-0.2, 0) is 10.1 Å². The second-order valence-electron chi connectivity index (χ2n) is 4.20. The van der Waals surface area contributed by atoms with Crippen LogP contribution in [0, 0.1) is 6.92 Å². The molecule has 0 saturated carbocycles. The maximum atomic E-state index is 11.2. The van der Waals surface area contributed by atoms with Crippen LogP contribution in [0.1, 0.15) is 5.56 Å². The van der Waals surface area contributed by atoms with Crippen molar-refractivity contribution in [2.75, 3.05) is 7.11 Å². The molecule has 2 aromatic carbocycles. The summed E-state index contributed by atoms with van der Waals surface area (Å²) in [6.45, 7) is 1.97. The molecule has 0 aromatic heterocycles. The summed E-state index contributed by atoms with van der Waals surface area (Å²) in [5, 5.41) is 0. The van der Waals surface area contributed by atoms with Crippen LogP contribution in [0.2, 0.25) is 0 Å². The van der Waals surface area contributed by atoms with Gasteiger partial charge in [0.1, 0.15) is 5.75 Å². The lowest BCUT2D eigenvalue weighted by atomic mass is 10.0. The van der Waals surface area contributed by atoms with Crippen LogP contribution < -0.4 is 4.74 Å². The van der Waals surface area contributed by atoms with Crippen molar-refractivity contribution >= 4 is 10.1 Å². The molecule has 4 nitrogen and oxygen atoms in total. The highest BCUT2D eigenvalue weighted by Crippen LogP contribution is 2.32. The molecule has 1 N–H and O–H groups in total. The monoisotopic (exact) mass is 278 g/mol. The van der Waals surface area contributed by atoms with E-state index in [-0.39, 0.29) is 4.90 Å². The van der Waals surface area contributed by atoms with Crippen molar-refractivity contribution in [1.82, 2.24) is 0 Å². The Labute approximate surface area is 112 Å². The van der Waals surface area contributed by atoms with E-state index in [1.54, 1.807) is 0 Å². The number of hydrogen-bond acceptors (Lipinski definition) is 3. The summed E-state index contributed by atoms with van der Waals surface area (Å²) in [7, 11) is -2.71. The van der Waals surface area contributed by atoms with Gasteiger partial charge < -0.3 is 4.74 Å². The lowest BCUT2D eigenvalue weighted by Gasteiger charge is -2.10. The molecule has 2 aromatic rings. The second kappa shape index (κ2) is 5.03. The van der Waals surface area contributed by atoms with Crippen LogP contribution in [0.25, 0.3) is 11.1 Å². The van der Waals surface area contributed by atoms with Gasteiger partial charge in [0.05, 0.1) is 12.0 Å². The number of ether oxygens (including phenoxy) is 1. The van der Waals surface area contributed by atoms with Crippen molar-refractivity contribution in [3.63, 3.8) is 0 Å². The molecule has 0 aliphatic carbocycles. The predicted octanol–water partition coefficient (Wildman–Crippen LogP) is 2.92. The van der Waals surface area contributed by atoms with Crippen molar-refractivity contribution in [2.24, 2.45) is 0 Å². The molecular weight excluding hydrogens is 264 g/mol. The molecule has 0 radical (unpaired) electrons. The van der Waals surface area contributed by atoms with E-state index in [2.05, 4.69) is 0 Å². The first-order valence-electron chi connectivity index (χ1n) is 5.64. The maximum absolute atomic E-state index is 11.2. The predicted molar refractivity (Wildman–Crippen MR) is 73.0 cm³/mol. The zero-order valence-corrected chi connectivity index (χ0v) is 11.4. The summed E-state index contributed by atoms with van der Waals surface area (Å²) in [4.78, 5) is -0.149. The molecule has 5 heteroatoms. The summed E-state index contributed by atoms with van der Waals surface area (Å²) in [6, 6.07) is 11.8. The largest absolute Gasteiger partial charge is 0.496 e. The van der Waals surface area contributed by atoms with Crippen LogP contribution in [0.15, 0.2) is 47.4 Å². The molecule has 0 fully saturated rings. The standard InChI is InChI=1S/C14H14O4S/c1-10-3-5-11(6-4-10)13-9-12(19(15,16)17)7-8-14(13)18-2/h3-9H,1-2H3,(H,15,16,17). The van der Waals surface area contributed by atoms with Gasteiger partial charge in [-0.05, 0) is 30.7 Å². The fourth-order valence-electron chi connectivity index (χ4n) is 1.81. The lowest BCUT2D eigenvalue weighted by molar-refractivity contribution is 0.416. The van der Waals surface area contributed by atoms with Gasteiger partial charge in [-0.3, -0.25) is 4.55 Å². The van der Waals surface area contributed by atoms with Crippen LogP contribution in [0.4, 0.5) is 0 Å². The smallest absolute Gasteiger partial charge is 0.294 e. The molecule has 0 amide bonds. The Morgan fingerprint density at radius 2 is 1.68 bits per heavy atom. The molecule has 0 saturated heterocycles. The summed E-state index contributed by atoms with van der Waals surface area (Å²) >= 11 is 0. The topological polar surface area (TPSA) is 63.6 Å². The van der Waals surface area contributed by atoms with E-state index in [9.17, 15) is 8.42 Å². The molecule has 2 rings (SSSR count). The van der Waals surface area contributed by atoms with Crippen molar-refractivity contribution in [3.8, 4) is 16.9 Å². The van der Waals surface area contributed by atoms with Gasteiger partial charge in [-0.15, -0.1) is 0 Å². The molecule has 0 atom stereocenters. The highest BCUT2D eigenvalue weighted by atomic mass is 32.2. The molecule has 0 unspecified atom stereocenters. The zero-order chi connectivity index (χ0) is 14.0. The minimum atomic E-state index is -4.22. The maximum Gasteiger partial charge on any atom is 0.294 e. The van der Waals surface area contributed by atoms with Crippen LogP contribution in [-0.4, -0.2) is 20.1 Å². The summed E-state index contributed by atoms with van der Waals surface area (Å²) < 4.78 is 36.7. The first-order valence-corrected chi connectivity index (χ1v) is 7.08. The van der Waals surface area contributed by atoms with Crippen molar-refractivity contribution in [1.29, 1.82) is 0 Å². The molecular formula is C14H14O4S. The van der Waals surface area contributed by atoms with E-state index in [0.29, 0.717) is 11.3 Å². The van der Waals surface area contributed by atoms with Crippen LogP contribution >= 0.6 is 0 Å². The highest BCUT2D eigenvalue weighted by Gasteiger charge is 2.14. The van der Waals surface area contributed by atoms with Gasteiger partial charge in [0, 0.05) is 5.56 Å². The minimum absolute atomic E-state index is 0.149. The van der Waals surface area contributed by atoms with E-state index >= 15 is 0 Å². The minimum Gasteiger partial charge on any atom is -0.496 e. The average Bonchev–Trinajstić information content (AvgIpc) is 2.38. The highest BCUT2D eigenvalue weighted by molar-refractivity contribution is 7.85. The van der Waals surface area contributed by atoms with Crippen molar-refractivity contribution < 1.29 is 17.7 Å². The van der Waals surface area contributed by atoms with Gasteiger partial charge in [-0.1, -0.05) is 29.8 Å².